The Balaban J connectivity index is 1.42. The van der Waals surface area contributed by atoms with E-state index in [-0.39, 0.29) is 17.7 Å². The third kappa shape index (κ3) is 2.83. The fraction of sp³-hybridized carbons (Fsp3) is 0.500. The Hall–Kier alpha value is -2.50. The molecule has 0 N–H and O–H groups in total. The number of hydrogen-bond donors (Lipinski definition) is 0. The Bertz CT molecular complexity index is 739. The second-order valence-electron chi connectivity index (χ2n) is 7.33. The summed E-state index contributed by atoms with van der Waals surface area (Å²) in [5.41, 5.74) is 1.08. The molecule has 0 aromatic heterocycles. The smallest absolute Gasteiger partial charge is 0.227 e. The van der Waals surface area contributed by atoms with Gasteiger partial charge in [-0.05, 0) is 30.4 Å². The number of carboxylic acids is 1. The van der Waals surface area contributed by atoms with Gasteiger partial charge in [-0.1, -0.05) is 18.2 Å². The maximum absolute atomic E-state index is 13.0. The molecule has 4 rings (SSSR count). The normalized spacial score (nSPS) is 29.9. The van der Waals surface area contributed by atoms with E-state index < -0.39 is 17.8 Å². The summed E-state index contributed by atoms with van der Waals surface area (Å²) < 4.78 is 5.28. The first-order valence-corrected chi connectivity index (χ1v) is 9.15. The van der Waals surface area contributed by atoms with Crippen molar-refractivity contribution in [2.24, 2.45) is 23.7 Å². The Kier molecular flexibility index (Phi) is 4.34. The summed E-state index contributed by atoms with van der Waals surface area (Å²) in [5, 5.41) is 11.6. The van der Waals surface area contributed by atoms with Crippen molar-refractivity contribution < 1.29 is 19.4 Å². The predicted molar refractivity (Wildman–Crippen MR) is 94.5 cm³/mol. The van der Waals surface area contributed by atoms with E-state index in [1.165, 1.54) is 0 Å². The van der Waals surface area contributed by atoms with E-state index >= 15 is 0 Å². The Morgan fingerprint density at radius 3 is 2.42 bits per heavy atom. The molecule has 1 aliphatic heterocycles. The minimum absolute atomic E-state index is 0.0265. The van der Waals surface area contributed by atoms with Gasteiger partial charge in [-0.2, -0.15) is 0 Å². The van der Waals surface area contributed by atoms with Gasteiger partial charge in [0.1, 0.15) is 5.75 Å². The number of carbonyl (C=O) groups excluding carboxylic acids is 2. The molecule has 138 valence electrons. The third-order valence-corrected chi connectivity index (χ3v) is 6.03. The molecule has 1 saturated heterocycles. The second kappa shape index (κ2) is 6.67. The summed E-state index contributed by atoms with van der Waals surface area (Å²) in [7, 11) is 1.65. The minimum Gasteiger partial charge on any atom is -0.550 e. The van der Waals surface area contributed by atoms with Gasteiger partial charge in [0, 0.05) is 49.8 Å². The van der Waals surface area contributed by atoms with Gasteiger partial charge >= 0.3 is 0 Å². The van der Waals surface area contributed by atoms with Crippen LogP contribution >= 0.6 is 0 Å². The lowest BCUT2D eigenvalue weighted by molar-refractivity contribution is -0.313. The van der Waals surface area contributed by atoms with Crippen LogP contribution in [0, 0.1) is 23.7 Å². The molecule has 3 aliphatic rings. The number of methoxy groups -OCH3 is 1. The molecule has 2 bridgehead atoms. The van der Waals surface area contributed by atoms with Crippen molar-refractivity contribution in [3.8, 4) is 5.75 Å². The highest BCUT2D eigenvalue weighted by Gasteiger charge is 2.50. The molecule has 6 heteroatoms. The van der Waals surface area contributed by atoms with Crippen molar-refractivity contribution in [1.82, 2.24) is 4.90 Å². The van der Waals surface area contributed by atoms with Gasteiger partial charge in [0.15, 0.2) is 0 Å². The molecule has 0 unspecified atom stereocenters. The fourth-order valence-electron chi connectivity index (χ4n) is 4.68. The van der Waals surface area contributed by atoms with Crippen LogP contribution in [-0.2, 0) is 9.59 Å². The maximum Gasteiger partial charge on any atom is 0.227 e. The molecule has 1 saturated carbocycles. The number of amides is 1. The van der Waals surface area contributed by atoms with Crippen LogP contribution in [0.2, 0.25) is 0 Å². The average molecular weight is 355 g/mol. The number of carboxylic acid groups (broad SMARTS) is 1. The third-order valence-electron chi connectivity index (χ3n) is 6.03. The Morgan fingerprint density at radius 2 is 1.77 bits per heavy atom. The Labute approximate surface area is 153 Å². The Morgan fingerprint density at radius 1 is 1.08 bits per heavy atom. The van der Waals surface area contributed by atoms with Crippen molar-refractivity contribution in [2.75, 3.05) is 38.2 Å². The molecular weight excluding hydrogens is 332 g/mol. The second-order valence-corrected chi connectivity index (χ2v) is 7.33. The first kappa shape index (κ1) is 16.9. The molecule has 1 amide bonds. The van der Waals surface area contributed by atoms with Gasteiger partial charge in [0.25, 0.3) is 0 Å². The summed E-state index contributed by atoms with van der Waals surface area (Å²) in [6, 6.07) is 7.89. The number of benzene rings is 1. The van der Waals surface area contributed by atoms with Crippen LogP contribution in [0.4, 0.5) is 5.69 Å². The zero-order valence-electron chi connectivity index (χ0n) is 14.8. The van der Waals surface area contributed by atoms with Crippen molar-refractivity contribution in [2.45, 2.75) is 6.42 Å². The number of ether oxygens (including phenoxy) is 1. The largest absolute Gasteiger partial charge is 0.550 e. The highest BCUT2D eigenvalue weighted by molar-refractivity contribution is 5.86. The molecule has 0 radical (unpaired) electrons. The van der Waals surface area contributed by atoms with Crippen molar-refractivity contribution in [3.05, 3.63) is 36.4 Å². The van der Waals surface area contributed by atoms with Crippen LogP contribution in [0.25, 0.3) is 0 Å². The summed E-state index contributed by atoms with van der Waals surface area (Å²) in [6.45, 7) is 2.66. The standard InChI is InChI=1S/C20H24N2O4/c1-26-16-4-2-3-15(12-16)21-7-9-22(10-8-21)19(23)17-13-5-6-14(11-13)18(17)20(24)25/h2-6,12-14,17-18H,7-11H2,1H3,(H,24,25)/p-1/t13-,14+,17-,18+/m1/s1. The number of anilines is 1. The van der Waals surface area contributed by atoms with E-state index in [0.29, 0.717) is 13.1 Å². The quantitative estimate of drug-likeness (QED) is 0.737. The lowest BCUT2D eigenvalue weighted by Crippen LogP contribution is -2.53. The number of aliphatic carboxylic acids is 1. The van der Waals surface area contributed by atoms with Crippen LogP contribution in [0.5, 0.6) is 5.75 Å². The molecule has 4 atom stereocenters. The number of allylic oxidation sites excluding steroid dienone is 2. The van der Waals surface area contributed by atoms with Gasteiger partial charge in [0.2, 0.25) is 5.91 Å². The molecule has 1 heterocycles. The number of piperazine rings is 1. The molecule has 1 aromatic rings. The number of rotatable bonds is 4. The van der Waals surface area contributed by atoms with Gasteiger partial charge in [-0.3, -0.25) is 4.79 Å². The molecule has 2 fully saturated rings. The lowest BCUT2D eigenvalue weighted by atomic mass is 9.82. The lowest BCUT2D eigenvalue weighted by Gasteiger charge is -2.39. The summed E-state index contributed by atoms with van der Waals surface area (Å²) in [4.78, 5) is 28.6. The first-order valence-electron chi connectivity index (χ1n) is 9.15. The van der Waals surface area contributed by atoms with Crippen molar-refractivity contribution in [3.63, 3.8) is 0 Å². The van der Waals surface area contributed by atoms with Crippen LogP contribution in [-0.4, -0.2) is 50.1 Å². The summed E-state index contributed by atoms with van der Waals surface area (Å²) >= 11 is 0. The van der Waals surface area contributed by atoms with E-state index in [9.17, 15) is 14.7 Å². The van der Waals surface area contributed by atoms with Crippen molar-refractivity contribution >= 4 is 17.6 Å². The predicted octanol–water partition coefficient (Wildman–Crippen LogP) is 0.532. The molecule has 2 aliphatic carbocycles. The highest BCUT2D eigenvalue weighted by atomic mass is 16.5. The zero-order valence-corrected chi connectivity index (χ0v) is 14.8. The van der Waals surface area contributed by atoms with Crippen molar-refractivity contribution in [1.29, 1.82) is 0 Å². The monoisotopic (exact) mass is 355 g/mol. The van der Waals surface area contributed by atoms with E-state index in [4.69, 9.17) is 4.74 Å². The topological polar surface area (TPSA) is 72.9 Å². The van der Waals surface area contributed by atoms with Gasteiger partial charge in [-0.25, -0.2) is 0 Å². The maximum atomic E-state index is 13.0. The van der Waals surface area contributed by atoms with Crippen LogP contribution in [0.15, 0.2) is 36.4 Å². The highest BCUT2D eigenvalue weighted by Crippen LogP contribution is 2.48. The van der Waals surface area contributed by atoms with Crippen LogP contribution in [0.1, 0.15) is 6.42 Å². The molecule has 26 heavy (non-hydrogen) atoms. The van der Waals surface area contributed by atoms with Crippen LogP contribution in [0.3, 0.4) is 0 Å². The number of carbonyl (C=O) groups is 2. The van der Waals surface area contributed by atoms with Crippen LogP contribution < -0.4 is 14.7 Å². The molecule has 0 spiro atoms. The fourth-order valence-corrected chi connectivity index (χ4v) is 4.68. The van der Waals surface area contributed by atoms with Gasteiger partial charge in [-0.15, -0.1) is 0 Å². The zero-order chi connectivity index (χ0) is 18.3. The van der Waals surface area contributed by atoms with E-state index in [1.807, 2.05) is 41.3 Å². The molecule has 1 aromatic carbocycles. The summed E-state index contributed by atoms with van der Waals surface area (Å²) in [5.74, 6) is -1.43. The van der Waals surface area contributed by atoms with Gasteiger partial charge in [0.05, 0.1) is 13.0 Å². The number of hydrogen-bond acceptors (Lipinski definition) is 5. The van der Waals surface area contributed by atoms with E-state index in [1.54, 1.807) is 7.11 Å². The SMILES string of the molecule is COc1cccc(N2CCN(C(=O)[C@H]3[C@@H](C(=O)[O-])[C@H]4C=C[C@@H]3C4)CC2)c1. The number of nitrogens with zero attached hydrogens (tertiary/aromatic N) is 2. The average Bonchev–Trinajstić information content (AvgIpc) is 3.29. The summed E-state index contributed by atoms with van der Waals surface area (Å²) in [6.07, 6.45) is 4.72. The molecule has 6 nitrogen and oxygen atoms in total. The minimum atomic E-state index is -1.09. The van der Waals surface area contributed by atoms with E-state index in [0.717, 1.165) is 30.9 Å². The van der Waals surface area contributed by atoms with E-state index in [2.05, 4.69) is 4.90 Å². The number of fused-ring (bicyclic) bond motifs is 2. The first-order chi connectivity index (χ1) is 12.6. The molecular formula is C20H23N2O4-. The van der Waals surface area contributed by atoms with Gasteiger partial charge < -0.3 is 24.4 Å².